The maximum Gasteiger partial charge on any atom is 0.427 e. The lowest BCUT2D eigenvalue weighted by molar-refractivity contribution is -0.203. The van der Waals surface area contributed by atoms with Crippen LogP contribution >= 0.6 is 11.6 Å². The molecule has 5 nitrogen and oxygen atoms in total. The van der Waals surface area contributed by atoms with Crippen molar-refractivity contribution in [3.63, 3.8) is 0 Å². The molecule has 0 saturated carbocycles. The van der Waals surface area contributed by atoms with Gasteiger partial charge in [0, 0.05) is 6.54 Å². The third-order valence-electron chi connectivity index (χ3n) is 6.45. The normalized spacial score (nSPS) is 25.5. The lowest BCUT2D eigenvalue weighted by Crippen LogP contribution is -2.51. The predicted octanol–water partition coefficient (Wildman–Crippen LogP) is 5.93. The number of nitriles is 1. The summed E-state index contributed by atoms with van der Waals surface area (Å²) in [6, 6.07) is 3.96. The second kappa shape index (κ2) is 7.98. The zero-order valence-electron chi connectivity index (χ0n) is 18.5. The topological polar surface area (TPSA) is 57.9 Å². The van der Waals surface area contributed by atoms with Crippen LogP contribution in [0.25, 0.3) is 0 Å². The highest BCUT2D eigenvalue weighted by Crippen LogP contribution is 2.44. The number of ether oxygens (including phenoxy) is 1. The Bertz CT molecular complexity index is 938. The molecule has 10 heteroatoms. The lowest BCUT2D eigenvalue weighted by Gasteiger charge is -2.40. The summed E-state index contributed by atoms with van der Waals surface area (Å²) in [5.74, 6) is 0. The summed E-state index contributed by atoms with van der Waals surface area (Å²) in [5.41, 5.74) is 1.16. The fraction of sp³-hybridized carbons (Fsp3) is 0.619. The molecular weight excluding hydrogens is 447 g/mol. The van der Waals surface area contributed by atoms with Gasteiger partial charge < -0.3 is 14.1 Å². The van der Waals surface area contributed by atoms with Crippen LogP contribution in [0.4, 0.5) is 18.9 Å². The summed E-state index contributed by atoms with van der Waals surface area (Å²) >= 11 is 6.19. The molecule has 2 aliphatic rings. The van der Waals surface area contributed by atoms with Crippen molar-refractivity contribution >= 4 is 31.6 Å². The van der Waals surface area contributed by atoms with E-state index in [4.69, 9.17) is 26.0 Å². The number of rotatable bonds is 3. The van der Waals surface area contributed by atoms with E-state index in [0.717, 1.165) is 0 Å². The molecule has 3 atom stereocenters. The van der Waals surface area contributed by atoms with E-state index in [2.05, 4.69) is 25.8 Å². The summed E-state index contributed by atoms with van der Waals surface area (Å²) in [6.45, 7) is 12.3. The lowest BCUT2D eigenvalue weighted by atomic mass is 10.1. The van der Waals surface area contributed by atoms with Gasteiger partial charge in [-0.2, -0.15) is 23.4 Å². The molecule has 2 saturated heterocycles. The van der Waals surface area contributed by atoms with E-state index >= 15 is 0 Å². The fourth-order valence-electron chi connectivity index (χ4n) is 3.64. The Hall–Kier alpha value is -1.76. The maximum absolute atomic E-state index is 13.9. The minimum absolute atomic E-state index is 0.0856. The van der Waals surface area contributed by atoms with Crippen LogP contribution in [0.2, 0.25) is 23.2 Å². The van der Waals surface area contributed by atoms with Crippen molar-refractivity contribution in [1.29, 1.82) is 5.26 Å². The number of halogens is 4. The first-order valence-corrected chi connectivity index (χ1v) is 13.4. The molecule has 2 heterocycles. The number of benzene rings is 1. The maximum atomic E-state index is 13.9. The van der Waals surface area contributed by atoms with E-state index < -0.39 is 32.7 Å². The molecule has 0 N–H and O–H groups in total. The average Bonchev–Trinajstić information content (AvgIpc) is 3.19. The second-order valence-corrected chi connectivity index (χ2v) is 14.7. The van der Waals surface area contributed by atoms with Gasteiger partial charge in [-0.1, -0.05) is 32.4 Å². The highest BCUT2D eigenvalue weighted by Gasteiger charge is 2.61. The van der Waals surface area contributed by atoms with Crippen molar-refractivity contribution in [3.8, 4) is 6.07 Å². The molecule has 170 valence electrons. The Morgan fingerprint density at radius 2 is 1.94 bits per heavy atom. The minimum Gasteiger partial charge on any atom is -0.450 e. The Balaban J connectivity index is 1.97. The average molecular weight is 474 g/mol. The van der Waals surface area contributed by atoms with Gasteiger partial charge in [-0.15, -0.1) is 0 Å². The number of hydrogen-bond acceptors (Lipinski definition) is 4. The standard InChI is InChI=1S/C21H27ClF3N3O2Si/c1-12-14(8-7-13(11-26)16(12)22)27-19-28-10-9-15(30-31(5,6)20(2,3)4)17(28)18(29-19)21(23,24)25/h7-8,15,17-18H,9-10H2,1-6H3/b27-19-/t15-,17-,18+/m0/s1. The van der Waals surface area contributed by atoms with E-state index in [9.17, 15) is 13.2 Å². The first kappa shape index (κ1) is 23.9. The van der Waals surface area contributed by atoms with E-state index in [1.54, 1.807) is 17.9 Å². The molecule has 2 aliphatic heterocycles. The van der Waals surface area contributed by atoms with Gasteiger partial charge in [-0.25, -0.2) is 0 Å². The SMILES string of the molecule is Cc1c(/N=C2\O[C@@H](C(F)(F)F)[C@@H]3[C@@H](O[Si](C)(C)C(C)(C)C)CCN23)ccc(C#N)c1Cl. The molecule has 3 rings (SSSR count). The summed E-state index contributed by atoms with van der Waals surface area (Å²) in [6.07, 6.45) is -6.69. The van der Waals surface area contributed by atoms with Gasteiger partial charge in [0.25, 0.3) is 6.02 Å². The molecule has 0 bridgehead atoms. The smallest absolute Gasteiger partial charge is 0.427 e. The molecule has 0 aromatic heterocycles. The number of hydrogen-bond donors (Lipinski definition) is 0. The predicted molar refractivity (Wildman–Crippen MR) is 116 cm³/mol. The number of amidine groups is 1. The van der Waals surface area contributed by atoms with Crippen molar-refractivity contribution < 1.29 is 22.3 Å². The number of nitrogens with zero attached hydrogens (tertiary/aromatic N) is 3. The summed E-state index contributed by atoms with van der Waals surface area (Å²) in [4.78, 5) is 5.92. The highest BCUT2D eigenvalue weighted by atomic mass is 35.5. The van der Waals surface area contributed by atoms with E-state index in [-0.39, 0.29) is 21.6 Å². The van der Waals surface area contributed by atoms with Crippen molar-refractivity contribution in [2.24, 2.45) is 4.99 Å². The van der Waals surface area contributed by atoms with Gasteiger partial charge >= 0.3 is 6.18 Å². The largest absolute Gasteiger partial charge is 0.450 e. The second-order valence-electron chi connectivity index (χ2n) is 9.55. The molecule has 0 unspecified atom stereocenters. The van der Waals surface area contributed by atoms with Gasteiger partial charge in [0.15, 0.2) is 8.32 Å². The third-order valence-corrected chi connectivity index (χ3v) is 11.4. The van der Waals surface area contributed by atoms with Crippen molar-refractivity contribution in [1.82, 2.24) is 4.90 Å². The van der Waals surface area contributed by atoms with Crippen LogP contribution in [0.3, 0.4) is 0 Å². The van der Waals surface area contributed by atoms with Gasteiger partial charge in [0.05, 0.1) is 22.4 Å². The Kier molecular flexibility index (Phi) is 6.15. The molecule has 0 amide bonds. The van der Waals surface area contributed by atoms with E-state index in [1.165, 1.54) is 6.07 Å². The fourth-order valence-corrected chi connectivity index (χ4v) is 5.21. The third kappa shape index (κ3) is 4.43. The molecule has 1 aromatic carbocycles. The van der Waals surface area contributed by atoms with Crippen LogP contribution in [0.1, 0.15) is 38.3 Å². The Labute approximate surface area is 186 Å². The molecule has 0 radical (unpaired) electrons. The summed E-state index contributed by atoms with van der Waals surface area (Å²) in [5, 5.41) is 9.21. The van der Waals surface area contributed by atoms with Crippen LogP contribution in [-0.4, -0.2) is 50.2 Å². The Morgan fingerprint density at radius 3 is 2.48 bits per heavy atom. The molecule has 0 spiro atoms. The molecular formula is C21H27ClF3N3O2Si. The van der Waals surface area contributed by atoms with Crippen LogP contribution in [0, 0.1) is 18.3 Å². The molecule has 1 aromatic rings. The summed E-state index contributed by atoms with van der Waals surface area (Å²) < 4.78 is 53.4. The minimum atomic E-state index is -4.56. The van der Waals surface area contributed by atoms with E-state index in [0.29, 0.717) is 24.2 Å². The van der Waals surface area contributed by atoms with Gasteiger partial charge in [0.2, 0.25) is 6.10 Å². The van der Waals surface area contributed by atoms with Crippen molar-refractivity contribution in [3.05, 3.63) is 28.3 Å². The zero-order valence-corrected chi connectivity index (χ0v) is 20.2. The van der Waals surface area contributed by atoms with E-state index in [1.807, 2.05) is 19.2 Å². The van der Waals surface area contributed by atoms with Crippen molar-refractivity contribution in [2.45, 2.75) is 76.7 Å². The number of aliphatic imine (C=N–C) groups is 1. The van der Waals surface area contributed by atoms with Gasteiger partial charge in [-0.05, 0) is 49.2 Å². The van der Waals surface area contributed by atoms with Gasteiger partial charge in [-0.3, -0.25) is 0 Å². The number of fused-ring (bicyclic) bond motifs is 1. The van der Waals surface area contributed by atoms with Crippen LogP contribution in [-0.2, 0) is 9.16 Å². The van der Waals surface area contributed by atoms with Crippen LogP contribution in [0.5, 0.6) is 0 Å². The molecule has 2 fully saturated rings. The highest BCUT2D eigenvalue weighted by molar-refractivity contribution is 6.74. The van der Waals surface area contributed by atoms with Gasteiger partial charge in [0.1, 0.15) is 12.1 Å². The Morgan fingerprint density at radius 1 is 1.29 bits per heavy atom. The van der Waals surface area contributed by atoms with Crippen LogP contribution < -0.4 is 0 Å². The summed E-state index contributed by atoms with van der Waals surface area (Å²) in [7, 11) is -2.28. The quantitative estimate of drug-likeness (QED) is 0.510. The molecule has 31 heavy (non-hydrogen) atoms. The first-order valence-electron chi connectivity index (χ1n) is 10.1. The van der Waals surface area contributed by atoms with Crippen LogP contribution in [0.15, 0.2) is 17.1 Å². The monoisotopic (exact) mass is 473 g/mol. The zero-order chi connectivity index (χ0) is 23.4. The van der Waals surface area contributed by atoms with Crippen molar-refractivity contribution in [2.75, 3.05) is 6.54 Å². The molecule has 0 aliphatic carbocycles. The number of alkyl halides is 3. The first-order chi connectivity index (χ1) is 14.2.